The Morgan fingerprint density at radius 3 is 2.61 bits per heavy atom. The zero-order valence-electron chi connectivity index (χ0n) is 15.2. The Morgan fingerprint density at radius 2 is 1.71 bits per heavy atom. The number of ether oxygens (including phenoxy) is 3. The fraction of sp³-hybridized carbons (Fsp3) is 0.136. The molecule has 0 fully saturated rings. The molecule has 3 aromatic carbocycles. The molecule has 2 N–H and O–H groups in total. The van der Waals surface area contributed by atoms with Crippen molar-refractivity contribution in [1.82, 2.24) is 5.32 Å². The average molecular weight is 376 g/mol. The van der Waals surface area contributed by atoms with Gasteiger partial charge in [0.2, 0.25) is 6.79 Å². The van der Waals surface area contributed by atoms with Crippen LogP contribution in [0.4, 0.5) is 10.5 Å². The molecule has 142 valence electrons. The summed E-state index contributed by atoms with van der Waals surface area (Å²) in [5.41, 5.74) is 2.69. The van der Waals surface area contributed by atoms with E-state index >= 15 is 0 Å². The number of hydrogen-bond donors (Lipinski definition) is 2. The van der Waals surface area contributed by atoms with Crippen LogP contribution in [-0.2, 0) is 13.2 Å². The number of amides is 2. The monoisotopic (exact) mass is 376 g/mol. The second-order valence-electron chi connectivity index (χ2n) is 6.30. The molecule has 28 heavy (non-hydrogen) atoms. The van der Waals surface area contributed by atoms with E-state index in [4.69, 9.17) is 14.2 Å². The zero-order valence-corrected chi connectivity index (χ0v) is 15.2. The van der Waals surface area contributed by atoms with E-state index in [2.05, 4.69) is 10.6 Å². The van der Waals surface area contributed by atoms with E-state index in [0.29, 0.717) is 30.3 Å². The lowest BCUT2D eigenvalue weighted by Gasteiger charge is -2.10. The molecule has 2 amide bonds. The molecule has 4 rings (SSSR count). The number of urea groups is 1. The van der Waals surface area contributed by atoms with Gasteiger partial charge in [-0.15, -0.1) is 0 Å². The first-order valence-electron chi connectivity index (χ1n) is 8.96. The summed E-state index contributed by atoms with van der Waals surface area (Å²) in [5, 5.41) is 5.68. The van der Waals surface area contributed by atoms with Crippen molar-refractivity contribution in [3.63, 3.8) is 0 Å². The van der Waals surface area contributed by atoms with Gasteiger partial charge in [-0.2, -0.15) is 0 Å². The largest absolute Gasteiger partial charge is 0.489 e. The van der Waals surface area contributed by atoms with E-state index in [-0.39, 0.29) is 12.8 Å². The maximum atomic E-state index is 12.1. The molecule has 0 radical (unpaired) electrons. The van der Waals surface area contributed by atoms with Crippen LogP contribution < -0.4 is 24.8 Å². The predicted molar refractivity (Wildman–Crippen MR) is 106 cm³/mol. The lowest BCUT2D eigenvalue weighted by atomic mass is 10.2. The third kappa shape index (κ3) is 4.54. The summed E-state index contributed by atoms with van der Waals surface area (Å²) in [4.78, 5) is 12.1. The summed E-state index contributed by atoms with van der Waals surface area (Å²) >= 11 is 0. The maximum Gasteiger partial charge on any atom is 0.319 e. The molecular weight excluding hydrogens is 356 g/mol. The highest BCUT2D eigenvalue weighted by atomic mass is 16.7. The van der Waals surface area contributed by atoms with E-state index in [0.717, 1.165) is 16.9 Å². The van der Waals surface area contributed by atoms with E-state index in [1.165, 1.54) is 0 Å². The first kappa shape index (κ1) is 17.7. The number of rotatable bonds is 6. The van der Waals surface area contributed by atoms with Crippen LogP contribution in [0, 0.1) is 0 Å². The average Bonchev–Trinajstić information content (AvgIpc) is 3.20. The summed E-state index contributed by atoms with van der Waals surface area (Å²) in [6.07, 6.45) is 0. The van der Waals surface area contributed by atoms with Crippen LogP contribution in [0.25, 0.3) is 0 Å². The van der Waals surface area contributed by atoms with Crippen LogP contribution in [0.15, 0.2) is 72.8 Å². The Bertz CT molecular complexity index is 960. The van der Waals surface area contributed by atoms with Crippen molar-refractivity contribution in [3.8, 4) is 17.2 Å². The van der Waals surface area contributed by atoms with Crippen LogP contribution in [0.3, 0.4) is 0 Å². The Labute approximate surface area is 163 Å². The molecule has 0 unspecified atom stereocenters. The molecule has 1 heterocycles. The third-order valence-electron chi connectivity index (χ3n) is 4.23. The standard InChI is InChI=1S/C22H20N2O4/c25-22(23-13-16-5-2-1-3-6-16)24-18-8-4-7-17(11-18)14-26-19-9-10-20-21(12-19)28-15-27-20/h1-12H,13-15H2,(H2,23,24,25). The number of carbonyl (C=O) groups excluding carboxylic acids is 1. The van der Waals surface area contributed by atoms with Crippen LogP contribution >= 0.6 is 0 Å². The highest BCUT2D eigenvalue weighted by Crippen LogP contribution is 2.35. The van der Waals surface area contributed by atoms with Crippen LogP contribution in [0.1, 0.15) is 11.1 Å². The highest BCUT2D eigenvalue weighted by molar-refractivity contribution is 5.89. The molecule has 0 saturated carbocycles. The SMILES string of the molecule is O=C(NCc1ccccc1)Nc1cccc(COc2ccc3c(c2)OCO3)c1. The van der Waals surface area contributed by atoms with Gasteiger partial charge in [0.15, 0.2) is 11.5 Å². The first-order chi connectivity index (χ1) is 13.8. The summed E-state index contributed by atoms with van der Waals surface area (Å²) in [6.45, 7) is 1.08. The normalized spacial score (nSPS) is 11.7. The molecule has 0 saturated heterocycles. The smallest absolute Gasteiger partial charge is 0.319 e. The Kier molecular flexibility index (Phi) is 5.29. The van der Waals surface area contributed by atoms with Gasteiger partial charge in [-0.3, -0.25) is 0 Å². The number of benzene rings is 3. The molecule has 6 nitrogen and oxygen atoms in total. The minimum atomic E-state index is -0.252. The molecule has 0 bridgehead atoms. The molecule has 0 aromatic heterocycles. The van der Waals surface area contributed by atoms with Gasteiger partial charge >= 0.3 is 6.03 Å². The third-order valence-corrected chi connectivity index (χ3v) is 4.23. The van der Waals surface area contributed by atoms with Gasteiger partial charge in [-0.25, -0.2) is 4.79 Å². The number of nitrogens with one attached hydrogen (secondary N) is 2. The summed E-state index contributed by atoms with van der Waals surface area (Å²) < 4.78 is 16.5. The molecule has 1 aliphatic heterocycles. The van der Waals surface area contributed by atoms with E-state index in [1.807, 2.05) is 72.8 Å². The van der Waals surface area contributed by atoms with Gasteiger partial charge < -0.3 is 24.8 Å². The van der Waals surface area contributed by atoms with Crippen molar-refractivity contribution in [1.29, 1.82) is 0 Å². The van der Waals surface area contributed by atoms with Crippen molar-refractivity contribution < 1.29 is 19.0 Å². The van der Waals surface area contributed by atoms with Crippen molar-refractivity contribution in [2.75, 3.05) is 12.1 Å². The minimum absolute atomic E-state index is 0.235. The number of anilines is 1. The van der Waals surface area contributed by atoms with Gasteiger partial charge in [-0.05, 0) is 35.4 Å². The first-order valence-corrected chi connectivity index (χ1v) is 8.96. The second kappa shape index (κ2) is 8.35. The number of fused-ring (bicyclic) bond motifs is 1. The summed E-state index contributed by atoms with van der Waals surface area (Å²) in [7, 11) is 0. The molecule has 0 atom stereocenters. The van der Waals surface area contributed by atoms with Crippen molar-refractivity contribution in [3.05, 3.63) is 83.9 Å². The lowest BCUT2D eigenvalue weighted by molar-refractivity contribution is 0.173. The zero-order chi connectivity index (χ0) is 19.2. The lowest BCUT2D eigenvalue weighted by Crippen LogP contribution is -2.28. The van der Waals surface area contributed by atoms with Crippen molar-refractivity contribution >= 4 is 11.7 Å². The Balaban J connectivity index is 1.30. The molecule has 1 aliphatic rings. The van der Waals surface area contributed by atoms with Crippen LogP contribution in [-0.4, -0.2) is 12.8 Å². The van der Waals surface area contributed by atoms with Crippen LogP contribution in [0.2, 0.25) is 0 Å². The van der Waals surface area contributed by atoms with Gasteiger partial charge in [0.05, 0.1) is 0 Å². The van der Waals surface area contributed by atoms with Crippen molar-refractivity contribution in [2.45, 2.75) is 13.2 Å². The van der Waals surface area contributed by atoms with E-state index in [1.54, 1.807) is 0 Å². The topological polar surface area (TPSA) is 68.8 Å². The number of carbonyl (C=O) groups is 1. The second-order valence-corrected chi connectivity index (χ2v) is 6.30. The predicted octanol–water partition coefficient (Wildman–Crippen LogP) is 4.32. The Hall–Kier alpha value is -3.67. The molecule has 0 aliphatic carbocycles. The van der Waals surface area contributed by atoms with Gasteiger partial charge in [0.25, 0.3) is 0 Å². The van der Waals surface area contributed by atoms with Gasteiger partial charge in [0, 0.05) is 18.3 Å². The van der Waals surface area contributed by atoms with Crippen LogP contribution in [0.5, 0.6) is 17.2 Å². The minimum Gasteiger partial charge on any atom is -0.489 e. The highest BCUT2D eigenvalue weighted by Gasteiger charge is 2.13. The molecule has 3 aromatic rings. The van der Waals surface area contributed by atoms with Crippen molar-refractivity contribution in [2.24, 2.45) is 0 Å². The fourth-order valence-electron chi connectivity index (χ4n) is 2.83. The molecular formula is C22H20N2O4. The quantitative estimate of drug-likeness (QED) is 0.672. The Morgan fingerprint density at radius 1 is 0.893 bits per heavy atom. The molecule has 0 spiro atoms. The summed E-state index contributed by atoms with van der Waals surface area (Å²) in [6, 6.07) is 22.5. The maximum absolute atomic E-state index is 12.1. The number of hydrogen-bond acceptors (Lipinski definition) is 4. The molecule has 6 heteroatoms. The van der Waals surface area contributed by atoms with E-state index < -0.39 is 0 Å². The summed E-state index contributed by atoms with van der Waals surface area (Å²) in [5.74, 6) is 2.10. The fourth-order valence-corrected chi connectivity index (χ4v) is 2.83. The van der Waals surface area contributed by atoms with Gasteiger partial charge in [-0.1, -0.05) is 42.5 Å². The van der Waals surface area contributed by atoms with Gasteiger partial charge in [0.1, 0.15) is 12.4 Å². The van der Waals surface area contributed by atoms with E-state index in [9.17, 15) is 4.79 Å².